The summed E-state index contributed by atoms with van der Waals surface area (Å²) in [5.41, 5.74) is 0. The highest BCUT2D eigenvalue weighted by molar-refractivity contribution is 6.30. The standard InChI is InChI=1S/C11H15ClO2/c1-13-7-2-3-8-14-11-6-4-5-10(12)9-11/h4-6,9H,2-3,7-8H2,1H3. The van der Waals surface area contributed by atoms with E-state index in [0.717, 1.165) is 25.2 Å². The van der Waals surface area contributed by atoms with E-state index in [4.69, 9.17) is 21.1 Å². The zero-order valence-electron chi connectivity index (χ0n) is 8.33. The van der Waals surface area contributed by atoms with E-state index in [9.17, 15) is 0 Å². The average molecular weight is 215 g/mol. The Hall–Kier alpha value is -0.730. The summed E-state index contributed by atoms with van der Waals surface area (Å²) in [6.45, 7) is 1.50. The maximum Gasteiger partial charge on any atom is 0.120 e. The summed E-state index contributed by atoms with van der Waals surface area (Å²) in [5, 5.41) is 0.708. The highest BCUT2D eigenvalue weighted by atomic mass is 35.5. The van der Waals surface area contributed by atoms with Crippen LogP contribution in [0.3, 0.4) is 0 Å². The van der Waals surface area contributed by atoms with E-state index in [0.29, 0.717) is 11.6 Å². The van der Waals surface area contributed by atoms with E-state index in [1.807, 2.05) is 24.3 Å². The first-order chi connectivity index (χ1) is 6.83. The summed E-state index contributed by atoms with van der Waals surface area (Å²) in [5.74, 6) is 0.829. The molecule has 14 heavy (non-hydrogen) atoms. The quantitative estimate of drug-likeness (QED) is 0.678. The van der Waals surface area contributed by atoms with E-state index in [1.54, 1.807) is 7.11 Å². The Morgan fingerprint density at radius 1 is 1.21 bits per heavy atom. The Bertz CT molecular complexity index is 263. The van der Waals surface area contributed by atoms with Gasteiger partial charge in [0.1, 0.15) is 5.75 Å². The lowest BCUT2D eigenvalue weighted by atomic mass is 10.3. The number of halogens is 1. The van der Waals surface area contributed by atoms with Crippen LogP contribution in [0.4, 0.5) is 0 Å². The molecule has 0 bridgehead atoms. The van der Waals surface area contributed by atoms with Crippen LogP contribution >= 0.6 is 11.6 Å². The van der Waals surface area contributed by atoms with Crippen molar-refractivity contribution in [1.82, 2.24) is 0 Å². The molecular weight excluding hydrogens is 200 g/mol. The van der Waals surface area contributed by atoms with Gasteiger partial charge in [-0.3, -0.25) is 0 Å². The fraction of sp³-hybridized carbons (Fsp3) is 0.455. The van der Waals surface area contributed by atoms with Gasteiger partial charge >= 0.3 is 0 Å². The van der Waals surface area contributed by atoms with Crippen LogP contribution in [0.2, 0.25) is 5.02 Å². The Balaban J connectivity index is 2.18. The molecule has 0 saturated carbocycles. The van der Waals surface area contributed by atoms with Gasteiger partial charge < -0.3 is 9.47 Å². The third-order valence-electron chi connectivity index (χ3n) is 1.81. The summed E-state index contributed by atoms with van der Waals surface area (Å²) in [4.78, 5) is 0. The molecule has 0 heterocycles. The first-order valence-corrected chi connectivity index (χ1v) is 5.08. The zero-order chi connectivity index (χ0) is 10.2. The van der Waals surface area contributed by atoms with Crippen LogP contribution in [0.1, 0.15) is 12.8 Å². The molecule has 0 fully saturated rings. The molecule has 1 rings (SSSR count). The van der Waals surface area contributed by atoms with Crippen LogP contribution in [0.15, 0.2) is 24.3 Å². The third-order valence-corrected chi connectivity index (χ3v) is 2.04. The topological polar surface area (TPSA) is 18.5 Å². The van der Waals surface area contributed by atoms with E-state index >= 15 is 0 Å². The Kier molecular flexibility index (Phi) is 5.42. The van der Waals surface area contributed by atoms with Crippen molar-refractivity contribution < 1.29 is 9.47 Å². The number of unbranched alkanes of at least 4 members (excludes halogenated alkanes) is 1. The molecule has 0 aliphatic heterocycles. The molecule has 78 valence electrons. The van der Waals surface area contributed by atoms with Gasteiger partial charge in [-0.2, -0.15) is 0 Å². The van der Waals surface area contributed by atoms with Crippen LogP contribution in [-0.2, 0) is 4.74 Å². The number of hydrogen-bond donors (Lipinski definition) is 0. The second-order valence-corrected chi connectivity index (χ2v) is 3.44. The van der Waals surface area contributed by atoms with Gasteiger partial charge in [0, 0.05) is 18.7 Å². The van der Waals surface area contributed by atoms with Gasteiger partial charge in [0.05, 0.1) is 6.61 Å². The molecule has 0 radical (unpaired) electrons. The first-order valence-electron chi connectivity index (χ1n) is 4.70. The number of ether oxygens (including phenoxy) is 2. The van der Waals surface area contributed by atoms with Gasteiger partial charge in [-0.25, -0.2) is 0 Å². The Morgan fingerprint density at radius 2 is 2.00 bits per heavy atom. The van der Waals surface area contributed by atoms with Crippen molar-refractivity contribution in [2.45, 2.75) is 12.8 Å². The maximum atomic E-state index is 5.81. The van der Waals surface area contributed by atoms with Crippen molar-refractivity contribution in [3.63, 3.8) is 0 Å². The van der Waals surface area contributed by atoms with E-state index < -0.39 is 0 Å². The van der Waals surface area contributed by atoms with Crippen LogP contribution < -0.4 is 4.74 Å². The van der Waals surface area contributed by atoms with Gasteiger partial charge in [0.2, 0.25) is 0 Å². The molecule has 0 aromatic heterocycles. The van der Waals surface area contributed by atoms with Crippen molar-refractivity contribution >= 4 is 11.6 Å². The van der Waals surface area contributed by atoms with Gasteiger partial charge in [0.15, 0.2) is 0 Å². The van der Waals surface area contributed by atoms with Crippen molar-refractivity contribution in [1.29, 1.82) is 0 Å². The molecule has 0 aliphatic rings. The SMILES string of the molecule is COCCCCOc1cccc(Cl)c1. The van der Waals surface area contributed by atoms with Gasteiger partial charge in [-0.05, 0) is 31.0 Å². The molecule has 1 aromatic rings. The second-order valence-electron chi connectivity index (χ2n) is 3.01. The average Bonchev–Trinajstić information content (AvgIpc) is 2.18. The fourth-order valence-electron chi connectivity index (χ4n) is 1.10. The van der Waals surface area contributed by atoms with Crippen LogP contribution in [0, 0.1) is 0 Å². The highest BCUT2D eigenvalue weighted by Gasteiger charge is 1.94. The van der Waals surface area contributed by atoms with Crippen molar-refractivity contribution in [3.05, 3.63) is 29.3 Å². The van der Waals surface area contributed by atoms with Crippen molar-refractivity contribution in [3.8, 4) is 5.75 Å². The molecule has 0 aliphatic carbocycles. The monoisotopic (exact) mass is 214 g/mol. The van der Waals surface area contributed by atoms with Crippen LogP contribution in [0.25, 0.3) is 0 Å². The smallest absolute Gasteiger partial charge is 0.120 e. The maximum absolute atomic E-state index is 5.81. The summed E-state index contributed by atoms with van der Waals surface area (Å²) in [6.07, 6.45) is 2.03. The molecule has 2 nitrogen and oxygen atoms in total. The van der Waals surface area contributed by atoms with Crippen LogP contribution in [0.5, 0.6) is 5.75 Å². The summed E-state index contributed by atoms with van der Waals surface area (Å²) >= 11 is 5.81. The number of hydrogen-bond acceptors (Lipinski definition) is 2. The number of rotatable bonds is 6. The normalized spacial score (nSPS) is 10.1. The largest absolute Gasteiger partial charge is 0.494 e. The lowest BCUT2D eigenvalue weighted by Gasteiger charge is -2.05. The molecule has 0 saturated heterocycles. The van der Waals surface area contributed by atoms with E-state index in [-0.39, 0.29) is 0 Å². The summed E-state index contributed by atoms with van der Waals surface area (Å²) < 4.78 is 10.4. The molecular formula is C11H15ClO2. The van der Waals surface area contributed by atoms with Crippen molar-refractivity contribution in [2.24, 2.45) is 0 Å². The lowest BCUT2D eigenvalue weighted by Crippen LogP contribution is -1.99. The molecule has 0 N–H and O–H groups in total. The van der Waals surface area contributed by atoms with Crippen LogP contribution in [-0.4, -0.2) is 20.3 Å². The molecule has 0 spiro atoms. The Morgan fingerprint density at radius 3 is 2.71 bits per heavy atom. The molecule has 0 atom stereocenters. The molecule has 0 unspecified atom stereocenters. The minimum Gasteiger partial charge on any atom is -0.494 e. The predicted molar refractivity (Wildman–Crippen MR) is 58.1 cm³/mol. The zero-order valence-corrected chi connectivity index (χ0v) is 9.09. The van der Waals surface area contributed by atoms with E-state index in [1.165, 1.54) is 0 Å². The molecule has 3 heteroatoms. The molecule has 0 amide bonds. The van der Waals surface area contributed by atoms with Gasteiger partial charge in [0.25, 0.3) is 0 Å². The number of methoxy groups -OCH3 is 1. The highest BCUT2D eigenvalue weighted by Crippen LogP contribution is 2.17. The third kappa shape index (κ3) is 4.49. The lowest BCUT2D eigenvalue weighted by molar-refractivity contribution is 0.184. The van der Waals surface area contributed by atoms with Gasteiger partial charge in [-0.1, -0.05) is 17.7 Å². The fourth-order valence-corrected chi connectivity index (χ4v) is 1.28. The summed E-state index contributed by atoms with van der Waals surface area (Å²) in [6, 6.07) is 7.44. The second kappa shape index (κ2) is 6.68. The van der Waals surface area contributed by atoms with E-state index in [2.05, 4.69) is 0 Å². The van der Waals surface area contributed by atoms with Gasteiger partial charge in [-0.15, -0.1) is 0 Å². The van der Waals surface area contributed by atoms with Crippen molar-refractivity contribution in [2.75, 3.05) is 20.3 Å². The minimum absolute atomic E-state index is 0.708. The summed E-state index contributed by atoms with van der Waals surface area (Å²) in [7, 11) is 1.71. The predicted octanol–water partition coefficient (Wildman–Crippen LogP) is 3.15. The Labute approximate surface area is 89.8 Å². The number of benzene rings is 1. The first kappa shape index (κ1) is 11.3. The minimum atomic E-state index is 0.708. The molecule has 1 aromatic carbocycles.